The Hall–Kier alpha value is -0.0800. The summed E-state index contributed by atoms with van der Waals surface area (Å²) in [7, 11) is 0. The summed E-state index contributed by atoms with van der Waals surface area (Å²) in [4.78, 5) is 0. The predicted molar refractivity (Wildman–Crippen MR) is 74.3 cm³/mol. The summed E-state index contributed by atoms with van der Waals surface area (Å²) in [5.74, 6) is 2.59. The van der Waals surface area contributed by atoms with Crippen molar-refractivity contribution in [3.05, 3.63) is 0 Å². The molecule has 3 atom stereocenters. The molecule has 1 saturated carbocycles. The Bertz CT molecular complexity index is 184. The van der Waals surface area contributed by atoms with Crippen LogP contribution in [-0.2, 0) is 4.74 Å². The molecule has 0 aromatic carbocycles. The van der Waals surface area contributed by atoms with Gasteiger partial charge in [-0.15, -0.1) is 0 Å². The molecule has 0 radical (unpaired) electrons. The van der Waals surface area contributed by atoms with Gasteiger partial charge in [-0.05, 0) is 50.6 Å². The van der Waals surface area contributed by atoms with Crippen molar-refractivity contribution in [1.29, 1.82) is 0 Å². The maximum Gasteiger partial charge on any atom is 0.0497 e. The van der Waals surface area contributed by atoms with E-state index in [1.54, 1.807) is 0 Å². The van der Waals surface area contributed by atoms with E-state index in [4.69, 9.17) is 4.74 Å². The summed E-state index contributed by atoms with van der Waals surface area (Å²) in [6.45, 7) is 10.7. The van der Waals surface area contributed by atoms with E-state index in [0.29, 0.717) is 0 Å². The summed E-state index contributed by atoms with van der Waals surface area (Å²) >= 11 is 0. The van der Waals surface area contributed by atoms with E-state index in [2.05, 4.69) is 26.1 Å². The minimum Gasteiger partial charge on any atom is -0.381 e. The third-order valence-electron chi connectivity index (χ3n) is 4.14. The molecule has 0 bridgehead atoms. The highest BCUT2D eigenvalue weighted by molar-refractivity contribution is 4.81. The largest absolute Gasteiger partial charge is 0.381 e. The van der Waals surface area contributed by atoms with E-state index >= 15 is 0 Å². The number of ether oxygens (including phenoxy) is 1. The lowest BCUT2D eigenvalue weighted by molar-refractivity contribution is 0.0494. The van der Waals surface area contributed by atoms with Gasteiger partial charge < -0.3 is 10.1 Å². The van der Waals surface area contributed by atoms with Gasteiger partial charge in [0, 0.05) is 13.2 Å². The summed E-state index contributed by atoms with van der Waals surface area (Å²) in [5.41, 5.74) is 0. The molecule has 1 aliphatic rings. The molecule has 0 aromatic heterocycles. The van der Waals surface area contributed by atoms with Gasteiger partial charge in [-0.2, -0.15) is 0 Å². The SMILES string of the molecule is CCCC1CCC(CNCC)C(COCC)C1. The van der Waals surface area contributed by atoms with Crippen LogP contribution in [0.1, 0.15) is 52.9 Å². The normalized spacial score (nSPS) is 29.5. The molecule has 0 amide bonds. The van der Waals surface area contributed by atoms with E-state index in [1.807, 2.05) is 0 Å². The van der Waals surface area contributed by atoms with E-state index in [-0.39, 0.29) is 0 Å². The van der Waals surface area contributed by atoms with Crippen molar-refractivity contribution in [1.82, 2.24) is 5.32 Å². The number of nitrogens with one attached hydrogen (secondary N) is 1. The molecule has 1 fully saturated rings. The quantitative estimate of drug-likeness (QED) is 0.702. The first-order valence-corrected chi connectivity index (χ1v) is 7.60. The van der Waals surface area contributed by atoms with Crippen molar-refractivity contribution in [3.63, 3.8) is 0 Å². The lowest BCUT2D eigenvalue weighted by atomic mass is 9.73. The second-order valence-corrected chi connectivity index (χ2v) is 5.46. The molecule has 3 unspecified atom stereocenters. The highest BCUT2D eigenvalue weighted by atomic mass is 16.5. The van der Waals surface area contributed by atoms with Gasteiger partial charge in [0.15, 0.2) is 0 Å². The number of hydrogen-bond donors (Lipinski definition) is 1. The summed E-state index contributed by atoms with van der Waals surface area (Å²) in [5, 5.41) is 3.52. The van der Waals surface area contributed by atoms with Crippen molar-refractivity contribution in [3.8, 4) is 0 Å². The highest BCUT2D eigenvalue weighted by Crippen LogP contribution is 2.36. The Morgan fingerprint density at radius 3 is 2.59 bits per heavy atom. The molecule has 0 heterocycles. The first kappa shape index (κ1) is 15.0. The first-order valence-electron chi connectivity index (χ1n) is 7.60. The van der Waals surface area contributed by atoms with Crippen molar-refractivity contribution in [2.45, 2.75) is 52.9 Å². The van der Waals surface area contributed by atoms with Crippen LogP contribution in [0.25, 0.3) is 0 Å². The second-order valence-electron chi connectivity index (χ2n) is 5.46. The third-order valence-corrected chi connectivity index (χ3v) is 4.14. The van der Waals surface area contributed by atoms with E-state index in [9.17, 15) is 0 Å². The molecule has 102 valence electrons. The molecule has 0 spiro atoms. The second kappa shape index (κ2) is 8.93. The van der Waals surface area contributed by atoms with E-state index in [0.717, 1.165) is 37.5 Å². The Morgan fingerprint density at radius 1 is 1.12 bits per heavy atom. The van der Waals surface area contributed by atoms with Crippen LogP contribution in [0, 0.1) is 17.8 Å². The first-order chi connectivity index (χ1) is 8.31. The van der Waals surface area contributed by atoms with Crippen molar-refractivity contribution < 1.29 is 4.74 Å². The monoisotopic (exact) mass is 241 g/mol. The smallest absolute Gasteiger partial charge is 0.0497 e. The van der Waals surface area contributed by atoms with Crippen LogP contribution in [0.3, 0.4) is 0 Å². The van der Waals surface area contributed by atoms with Crippen LogP contribution in [0.5, 0.6) is 0 Å². The van der Waals surface area contributed by atoms with Gasteiger partial charge in [0.25, 0.3) is 0 Å². The van der Waals surface area contributed by atoms with Gasteiger partial charge in [0.2, 0.25) is 0 Å². The van der Waals surface area contributed by atoms with Gasteiger partial charge in [-0.25, -0.2) is 0 Å². The molecule has 0 aromatic rings. The molecule has 1 N–H and O–H groups in total. The van der Waals surface area contributed by atoms with E-state index in [1.165, 1.54) is 38.6 Å². The minimum atomic E-state index is 0.791. The van der Waals surface area contributed by atoms with Crippen molar-refractivity contribution in [2.75, 3.05) is 26.3 Å². The fourth-order valence-electron chi connectivity index (χ4n) is 3.17. The zero-order valence-electron chi connectivity index (χ0n) is 12.0. The van der Waals surface area contributed by atoms with Crippen LogP contribution in [0.15, 0.2) is 0 Å². The van der Waals surface area contributed by atoms with Crippen LogP contribution in [-0.4, -0.2) is 26.3 Å². The van der Waals surface area contributed by atoms with E-state index < -0.39 is 0 Å². The Balaban J connectivity index is 2.40. The maximum absolute atomic E-state index is 5.68. The van der Waals surface area contributed by atoms with Crippen LogP contribution in [0.2, 0.25) is 0 Å². The van der Waals surface area contributed by atoms with Crippen molar-refractivity contribution >= 4 is 0 Å². The maximum atomic E-state index is 5.68. The van der Waals surface area contributed by atoms with Gasteiger partial charge in [-0.1, -0.05) is 33.1 Å². The van der Waals surface area contributed by atoms with Gasteiger partial charge >= 0.3 is 0 Å². The predicted octanol–water partition coefficient (Wildman–Crippen LogP) is 3.47. The molecular formula is C15H31NO. The number of hydrogen-bond acceptors (Lipinski definition) is 2. The van der Waals surface area contributed by atoms with Crippen LogP contribution in [0.4, 0.5) is 0 Å². The lowest BCUT2D eigenvalue weighted by Gasteiger charge is -2.36. The molecule has 2 nitrogen and oxygen atoms in total. The lowest BCUT2D eigenvalue weighted by Crippen LogP contribution is -2.35. The standard InChI is InChI=1S/C15H31NO/c1-4-7-13-8-9-14(11-16-5-2)15(10-13)12-17-6-3/h13-16H,4-12H2,1-3H3. The fourth-order valence-corrected chi connectivity index (χ4v) is 3.17. The van der Waals surface area contributed by atoms with Crippen LogP contribution >= 0.6 is 0 Å². The molecule has 2 heteroatoms. The average Bonchev–Trinajstić information content (AvgIpc) is 2.35. The zero-order valence-corrected chi connectivity index (χ0v) is 12.0. The van der Waals surface area contributed by atoms with Gasteiger partial charge in [0.05, 0.1) is 0 Å². The summed E-state index contributed by atoms with van der Waals surface area (Å²) < 4.78 is 5.68. The summed E-state index contributed by atoms with van der Waals surface area (Å²) in [6.07, 6.45) is 6.98. The number of rotatable bonds is 8. The molecule has 17 heavy (non-hydrogen) atoms. The fraction of sp³-hybridized carbons (Fsp3) is 1.00. The topological polar surface area (TPSA) is 21.3 Å². The molecular weight excluding hydrogens is 210 g/mol. The Labute approximate surface area is 108 Å². The third kappa shape index (κ3) is 5.39. The molecule has 0 aliphatic heterocycles. The van der Waals surface area contributed by atoms with Crippen LogP contribution < -0.4 is 5.32 Å². The minimum absolute atomic E-state index is 0.791. The molecule has 1 rings (SSSR count). The molecule has 1 aliphatic carbocycles. The van der Waals surface area contributed by atoms with Gasteiger partial charge in [-0.3, -0.25) is 0 Å². The van der Waals surface area contributed by atoms with Crippen molar-refractivity contribution in [2.24, 2.45) is 17.8 Å². The van der Waals surface area contributed by atoms with Gasteiger partial charge in [0.1, 0.15) is 0 Å². The summed E-state index contributed by atoms with van der Waals surface area (Å²) in [6, 6.07) is 0. The zero-order chi connectivity index (χ0) is 12.5. The highest BCUT2D eigenvalue weighted by Gasteiger charge is 2.29. The Morgan fingerprint density at radius 2 is 1.94 bits per heavy atom. The average molecular weight is 241 g/mol. The molecule has 0 saturated heterocycles. The Kier molecular flexibility index (Phi) is 7.87.